The average molecular weight is 247 g/mol. The van der Waals surface area contributed by atoms with Gasteiger partial charge < -0.3 is 15.4 Å². The number of benzene rings is 1. The minimum atomic E-state index is 0.364. The van der Waals surface area contributed by atoms with Crippen molar-refractivity contribution in [3.05, 3.63) is 24.3 Å². The number of guanidine groups is 1. The third-order valence-corrected chi connectivity index (χ3v) is 3.67. The maximum atomic E-state index is 6.01. The Labute approximate surface area is 108 Å². The summed E-state index contributed by atoms with van der Waals surface area (Å²) < 4.78 is 5.17. The maximum absolute atomic E-state index is 6.01. The molecule has 98 valence electrons. The highest BCUT2D eigenvalue weighted by molar-refractivity contribution is 5.97. The predicted molar refractivity (Wildman–Crippen MR) is 75.2 cm³/mol. The molecule has 0 saturated carbocycles. The smallest absolute Gasteiger partial charge is 0.196 e. The van der Waals surface area contributed by atoms with E-state index in [4.69, 9.17) is 10.5 Å². The zero-order chi connectivity index (χ0) is 13.1. The van der Waals surface area contributed by atoms with Crippen molar-refractivity contribution in [1.82, 2.24) is 0 Å². The normalized spacial score (nSPS) is 20.7. The van der Waals surface area contributed by atoms with Crippen molar-refractivity contribution in [3.8, 4) is 5.75 Å². The molecule has 1 aliphatic heterocycles. The number of hydrogen-bond donors (Lipinski definition) is 1. The Kier molecular flexibility index (Phi) is 3.75. The van der Waals surface area contributed by atoms with Crippen LogP contribution in [-0.2, 0) is 0 Å². The highest BCUT2D eigenvalue weighted by Gasteiger charge is 2.30. The molecule has 1 heterocycles. The summed E-state index contributed by atoms with van der Waals surface area (Å²) in [6.07, 6.45) is 1.13. The lowest BCUT2D eigenvalue weighted by atomic mass is 9.98. The van der Waals surface area contributed by atoms with E-state index in [2.05, 4.69) is 23.7 Å². The first-order valence-electron chi connectivity index (χ1n) is 6.40. The molecule has 0 radical (unpaired) electrons. The van der Waals surface area contributed by atoms with Crippen LogP contribution in [0.25, 0.3) is 0 Å². The third-order valence-electron chi connectivity index (χ3n) is 3.67. The van der Waals surface area contributed by atoms with Gasteiger partial charge in [-0.3, -0.25) is 4.99 Å². The van der Waals surface area contributed by atoms with Gasteiger partial charge in [0.15, 0.2) is 5.96 Å². The first-order chi connectivity index (χ1) is 8.67. The van der Waals surface area contributed by atoms with Gasteiger partial charge in [-0.05, 0) is 30.2 Å². The lowest BCUT2D eigenvalue weighted by Crippen LogP contribution is -2.44. The minimum Gasteiger partial charge on any atom is -0.497 e. The first-order valence-corrected chi connectivity index (χ1v) is 6.40. The summed E-state index contributed by atoms with van der Waals surface area (Å²) >= 11 is 0. The number of rotatable bonds is 4. The number of nitrogens with zero attached hydrogens (tertiary/aromatic N) is 2. The van der Waals surface area contributed by atoms with Crippen molar-refractivity contribution in [1.29, 1.82) is 0 Å². The Morgan fingerprint density at radius 3 is 2.67 bits per heavy atom. The van der Waals surface area contributed by atoms with E-state index in [9.17, 15) is 0 Å². The molecule has 0 aliphatic carbocycles. The molecule has 0 bridgehead atoms. The molecular formula is C14H21N3O. The highest BCUT2D eigenvalue weighted by Crippen LogP contribution is 2.27. The van der Waals surface area contributed by atoms with Crippen molar-refractivity contribution in [3.63, 3.8) is 0 Å². The standard InChI is InChI=1S/C14H21N3O/c1-4-10(2)13-9-16-14(15)17(13)11-5-7-12(18-3)8-6-11/h5-8,10,13H,4,9H2,1-3H3,(H2,15,16). The number of ether oxygens (including phenoxy) is 1. The fourth-order valence-electron chi connectivity index (χ4n) is 2.29. The molecule has 0 fully saturated rings. The molecule has 1 aliphatic rings. The largest absolute Gasteiger partial charge is 0.497 e. The van der Waals surface area contributed by atoms with E-state index in [1.807, 2.05) is 24.3 Å². The average Bonchev–Trinajstić information content (AvgIpc) is 2.80. The zero-order valence-corrected chi connectivity index (χ0v) is 11.3. The topological polar surface area (TPSA) is 50.8 Å². The molecule has 4 nitrogen and oxygen atoms in total. The summed E-state index contributed by atoms with van der Waals surface area (Å²) in [5, 5.41) is 0. The number of hydrogen-bond acceptors (Lipinski definition) is 4. The van der Waals surface area contributed by atoms with E-state index in [0.717, 1.165) is 24.4 Å². The van der Waals surface area contributed by atoms with Crippen LogP contribution in [0.5, 0.6) is 5.75 Å². The van der Waals surface area contributed by atoms with Crippen LogP contribution in [0.2, 0.25) is 0 Å². The van der Waals surface area contributed by atoms with Crippen LogP contribution in [0.4, 0.5) is 5.69 Å². The van der Waals surface area contributed by atoms with Crippen LogP contribution in [-0.4, -0.2) is 25.7 Å². The van der Waals surface area contributed by atoms with Crippen molar-refractivity contribution in [2.24, 2.45) is 16.6 Å². The van der Waals surface area contributed by atoms with Crippen LogP contribution >= 0.6 is 0 Å². The molecule has 1 aromatic carbocycles. The fourth-order valence-corrected chi connectivity index (χ4v) is 2.29. The summed E-state index contributed by atoms with van der Waals surface area (Å²) in [7, 11) is 1.67. The van der Waals surface area contributed by atoms with Gasteiger partial charge >= 0.3 is 0 Å². The van der Waals surface area contributed by atoms with Crippen LogP contribution in [0.1, 0.15) is 20.3 Å². The molecule has 0 spiro atoms. The number of methoxy groups -OCH3 is 1. The molecule has 2 rings (SSSR count). The van der Waals surface area contributed by atoms with Crippen LogP contribution < -0.4 is 15.4 Å². The second kappa shape index (κ2) is 5.29. The summed E-state index contributed by atoms with van der Waals surface area (Å²) in [5.74, 6) is 2.04. The zero-order valence-electron chi connectivity index (χ0n) is 11.3. The van der Waals surface area contributed by atoms with Gasteiger partial charge in [0.05, 0.1) is 19.7 Å². The predicted octanol–water partition coefficient (Wildman–Crippen LogP) is 2.24. The third kappa shape index (κ3) is 2.28. The van der Waals surface area contributed by atoms with Crippen molar-refractivity contribution in [2.45, 2.75) is 26.3 Å². The van der Waals surface area contributed by atoms with Gasteiger partial charge in [0.25, 0.3) is 0 Å². The second-order valence-electron chi connectivity index (χ2n) is 4.72. The van der Waals surface area contributed by atoms with Crippen molar-refractivity contribution in [2.75, 3.05) is 18.6 Å². The van der Waals surface area contributed by atoms with Gasteiger partial charge in [-0.15, -0.1) is 0 Å². The molecule has 0 aromatic heterocycles. The SMILES string of the molecule is CCC(C)C1CN=C(N)N1c1ccc(OC)cc1. The van der Waals surface area contributed by atoms with Crippen LogP contribution in [0.3, 0.4) is 0 Å². The summed E-state index contributed by atoms with van der Waals surface area (Å²) in [6, 6.07) is 8.33. The molecule has 2 N–H and O–H groups in total. The highest BCUT2D eigenvalue weighted by atomic mass is 16.5. The van der Waals surface area contributed by atoms with Gasteiger partial charge in [0, 0.05) is 5.69 Å². The molecule has 0 saturated heterocycles. The molecule has 2 atom stereocenters. The van der Waals surface area contributed by atoms with Crippen LogP contribution in [0, 0.1) is 5.92 Å². The Morgan fingerprint density at radius 1 is 1.44 bits per heavy atom. The van der Waals surface area contributed by atoms with Gasteiger partial charge in [-0.1, -0.05) is 20.3 Å². The van der Waals surface area contributed by atoms with Crippen molar-refractivity contribution >= 4 is 11.6 Å². The molecule has 1 aromatic rings. The van der Waals surface area contributed by atoms with E-state index >= 15 is 0 Å². The number of nitrogens with two attached hydrogens (primary N) is 1. The summed E-state index contributed by atoms with van der Waals surface area (Å²) in [6.45, 7) is 5.23. The summed E-state index contributed by atoms with van der Waals surface area (Å²) in [4.78, 5) is 6.51. The van der Waals surface area contributed by atoms with E-state index in [1.54, 1.807) is 7.11 Å². The van der Waals surface area contributed by atoms with E-state index in [0.29, 0.717) is 17.9 Å². The van der Waals surface area contributed by atoms with Gasteiger partial charge in [0.2, 0.25) is 0 Å². The molecule has 0 amide bonds. The number of aliphatic imine (C=N–C) groups is 1. The number of anilines is 1. The van der Waals surface area contributed by atoms with Crippen LogP contribution in [0.15, 0.2) is 29.3 Å². The Hall–Kier alpha value is -1.71. The van der Waals surface area contributed by atoms with Gasteiger partial charge in [-0.2, -0.15) is 0 Å². The lowest BCUT2D eigenvalue weighted by molar-refractivity contribution is 0.414. The Bertz CT molecular complexity index is 427. The molecule has 4 heteroatoms. The monoisotopic (exact) mass is 247 g/mol. The lowest BCUT2D eigenvalue weighted by Gasteiger charge is -2.30. The first kappa shape index (κ1) is 12.7. The summed E-state index contributed by atoms with van der Waals surface area (Å²) in [5.41, 5.74) is 7.09. The molecule has 2 unspecified atom stereocenters. The molecule has 18 heavy (non-hydrogen) atoms. The Morgan fingerprint density at radius 2 is 2.11 bits per heavy atom. The second-order valence-corrected chi connectivity index (χ2v) is 4.72. The van der Waals surface area contributed by atoms with E-state index < -0.39 is 0 Å². The quantitative estimate of drug-likeness (QED) is 0.887. The van der Waals surface area contributed by atoms with Gasteiger partial charge in [-0.25, -0.2) is 0 Å². The fraction of sp³-hybridized carbons (Fsp3) is 0.500. The van der Waals surface area contributed by atoms with E-state index in [1.165, 1.54) is 0 Å². The Balaban J connectivity index is 2.25. The minimum absolute atomic E-state index is 0.364. The van der Waals surface area contributed by atoms with Crippen molar-refractivity contribution < 1.29 is 4.74 Å². The van der Waals surface area contributed by atoms with Gasteiger partial charge in [0.1, 0.15) is 5.75 Å². The maximum Gasteiger partial charge on any atom is 0.196 e. The molecular weight excluding hydrogens is 226 g/mol. The van der Waals surface area contributed by atoms with E-state index in [-0.39, 0.29) is 0 Å².